The highest BCUT2D eigenvalue weighted by atomic mass is 16.8. The third-order valence-electron chi connectivity index (χ3n) is 5.70. The van der Waals surface area contributed by atoms with Crippen molar-refractivity contribution in [3.8, 4) is 0 Å². The Morgan fingerprint density at radius 3 is 2.15 bits per heavy atom. The first-order valence-corrected chi connectivity index (χ1v) is 11.8. The van der Waals surface area contributed by atoms with E-state index in [0.29, 0.717) is 0 Å². The second kappa shape index (κ2) is 14.5. The molecule has 186 valence electrons. The van der Waals surface area contributed by atoms with Gasteiger partial charge in [0, 0.05) is 7.11 Å². The molecule has 2 aromatic carbocycles. The van der Waals surface area contributed by atoms with Crippen LogP contribution >= 0.6 is 0 Å². The van der Waals surface area contributed by atoms with Crippen LogP contribution in [0.1, 0.15) is 61.8 Å². The van der Waals surface area contributed by atoms with Crippen molar-refractivity contribution < 1.29 is 33.6 Å². The van der Waals surface area contributed by atoms with E-state index in [1.54, 1.807) is 24.3 Å². The molecule has 34 heavy (non-hydrogen) atoms. The maximum Gasteiger partial charge on any atom is 0.379 e. The SMILES string of the molecule is CCCCCCc1c(CC)cccc1COC(=O)C(OC)(OCO)C(=O)OCc1ccccc1. The summed E-state index contributed by atoms with van der Waals surface area (Å²) in [5, 5.41) is 9.34. The third kappa shape index (κ3) is 7.38. The number of carbonyl (C=O) groups is 2. The Hall–Kier alpha value is -2.74. The Kier molecular flexibility index (Phi) is 11.7. The van der Waals surface area contributed by atoms with Crippen molar-refractivity contribution in [3.63, 3.8) is 0 Å². The molecule has 0 fully saturated rings. The van der Waals surface area contributed by atoms with Crippen molar-refractivity contribution in [2.45, 2.75) is 71.4 Å². The molecule has 0 amide bonds. The molecular weight excluding hydrogens is 436 g/mol. The van der Waals surface area contributed by atoms with Gasteiger partial charge in [0.25, 0.3) is 0 Å². The van der Waals surface area contributed by atoms with Crippen LogP contribution in [0.25, 0.3) is 0 Å². The number of unbranched alkanes of at least 4 members (excludes halogenated alkanes) is 3. The van der Waals surface area contributed by atoms with Crippen LogP contribution in [-0.2, 0) is 54.6 Å². The zero-order valence-corrected chi connectivity index (χ0v) is 20.4. The molecule has 0 aromatic heterocycles. The minimum absolute atomic E-state index is 0.0539. The lowest BCUT2D eigenvalue weighted by molar-refractivity contribution is -0.263. The molecule has 0 bridgehead atoms. The molecule has 0 saturated carbocycles. The summed E-state index contributed by atoms with van der Waals surface area (Å²) in [6.45, 7) is 3.19. The van der Waals surface area contributed by atoms with Crippen LogP contribution in [0.2, 0.25) is 0 Å². The van der Waals surface area contributed by atoms with Gasteiger partial charge in [-0.3, -0.25) is 0 Å². The first-order valence-electron chi connectivity index (χ1n) is 11.8. The minimum atomic E-state index is -2.52. The van der Waals surface area contributed by atoms with Gasteiger partial charge in [-0.25, -0.2) is 9.59 Å². The van der Waals surface area contributed by atoms with E-state index in [4.69, 9.17) is 18.9 Å². The fourth-order valence-electron chi connectivity index (χ4n) is 3.78. The predicted molar refractivity (Wildman–Crippen MR) is 128 cm³/mol. The van der Waals surface area contributed by atoms with Gasteiger partial charge in [0.2, 0.25) is 0 Å². The molecule has 7 nitrogen and oxygen atoms in total. The van der Waals surface area contributed by atoms with Crippen LogP contribution in [0.4, 0.5) is 0 Å². The number of methoxy groups -OCH3 is 1. The Bertz CT molecular complexity index is 897. The number of ether oxygens (including phenoxy) is 4. The second-order valence-electron chi connectivity index (χ2n) is 7.95. The molecule has 0 aliphatic heterocycles. The van der Waals surface area contributed by atoms with Crippen molar-refractivity contribution in [1.82, 2.24) is 0 Å². The fourth-order valence-corrected chi connectivity index (χ4v) is 3.78. The van der Waals surface area contributed by atoms with Crippen molar-refractivity contribution in [2.24, 2.45) is 0 Å². The highest BCUT2D eigenvalue weighted by Gasteiger charge is 2.52. The Labute approximate surface area is 202 Å². The number of hydrogen-bond donors (Lipinski definition) is 1. The normalized spacial score (nSPS) is 12.7. The Balaban J connectivity index is 2.14. The van der Waals surface area contributed by atoms with Crippen LogP contribution < -0.4 is 0 Å². The van der Waals surface area contributed by atoms with Crippen molar-refractivity contribution in [3.05, 3.63) is 70.8 Å². The molecular formula is C27H36O7. The molecule has 7 heteroatoms. The van der Waals surface area contributed by atoms with Crippen LogP contribution in [0.15, 0.2) is 48.5 Å². The van der Waals surface area contributed by atoms with Gasteiger partial charge in [-0.1, -0.05) is 81.6 Å². The van der Waals surface area contributed by atoms with Gasteiger partial charge in [-0.15, -0.1) is 0 Å². The summed E-state index contributed by atoms with van der Waals surface area (Å²) in [5.74, 6) is -4.70. The zero-order valence-electron chi connectivity index (χ0n) is 20.4. The zero-order chi connectivity index (χ0) is 24.8. The summed E-state index contributed by atoms with van der Waals surface area (Å²) in [5.41, 5.74) is 3.96. The molecule has 0 saturated heterocycles. The summed E-state index contributed by atoms with van der Waals surface area (Å²) < 4.78 is 20.9. The summed E-state index contributed by atoms with van der Waals surface area (Å²) >= 11 is 0. The third-order valence-corrected chi connectivity index (χ3v) is 5.70. The molecule has 0 aliphatic rings. The van der Waals surface area contributed by atoms with E-state index in [-0.39, 0.29) is 13.2 Å². The summed E-state index contributed by atoms with van der Waals surface area (Å²) in [7, 11) is 1.12. The number of rotatable bonds is 15. The van der Waals surface area contributed by atoms with Crippen LogP contribution in [0, 0.1) is 0 Å². The number of aliphatic hydroxyl groups is 1. The monoisotopic (exact) mass is 472 g/mol. The van der Waals surface area contributed by atoms with E-state index < -0.39 is 24.5 Å². The maximum absolute atomic E-state index is 13.0. The quantitative estimate of drug-likeness (QED) is 0.177. The molecule has 0 radical (unpaired) electrons. The highest BCUT2D eigenvalue weighted by Crippen LogP contribution is 2.23. The first kappa shape index (κ1) is 27.5. The summed E-state index contributed by atoms with van der Waals surface area (Å²) in [6, 6.07) is 14.9. The van der Waals surface area contributed by atoms with Gasteiger partial charge >= 0.3 is 17.7 Å². The lowest BCUT2D eigenvalue weighted by atomic mass is 9.94. The lowest BCUT2D eigenvalue weighted by Crippen LogP contribution is -2.53. The largest absolute Gasteiger partial charge is 0.456 e. The van der Waals surface area contributed by atoms with E-state index in [0.717, 1.165) is 55.9 Å². The molecule has 1 atom stereocenters. The van der Waals surface area contributed by atoms with Gasteiger partial charge in [0.05, 0.1) is 0 Å². The van der Waals surface area contributed by atoms with Crippen molar-refractivity contribution >= 4 is 11.9 Å². The van der Waals surface area contributed by atoms with Crippen molar-refractivity contribution in [2.75, 3.05) is 13.9 Å². The number of esters is 2. The summed E-state index contributed by atoms with van der Waals surface area (Å²) in [6.07, 6.45) is 6.28. The smallest absolute Gasteiger partial charge is 0.379 e. The number of benzene rings is 2. The number of carbonyl (C=O) groups excluding carboxylic acids is 2. The average Bonchev–Trinajstić information content (AvgIpc) is 2.87. The number of hydrogen-bond acceptors (Lipinski definition) is 7. The number of aliphatic hydroxyl groups excluding tert-OH is 1. The van der Waals surface area contributed by atoms with Gasteiger partial charge in [-0.2, -0.15) is 0 Å². The molecule has 2 rings (SSSR count). The molecule has 1 N–H and O–H groups in total. The second-order valence-corrected chi connectivity index (χ2v) is 7.95. The van der Waals surface area contributed by atoms with Crippen LogP contribution in [-0.4, -0.2) is 36.7 Å². The van der Waals surface area contributed by atoms with E-state index in [1.807, 2.05) is 18.2 Å². The van der Waals surface area contributed by atoms with Crippen LogP contribution in [0.3, 0.4) is 0 Å². The molecule has 2 aromatic rings. The topological polar surface area (TPSA) is 91.3 Å². The predicted octanol–water partition coefficient (Wildman–Crippen LogP) is 4.47. The van der Waals surface area contributed by atoms with Gasteiger partial charge in [-0.05, 0) is 41.5 Å². The number of aryl methyl sites for hydroxylation is 1. The lowest BCUT2D eigenvalue weighted by Gasteiger charge is -2.27. The van der Waals surface area contributed by atoms with Crippen LogP contribution in [0.5, 0.6) is 0 Å². The Morgan fingerprint density at radius 2 is 1.53 bits per heavy atom. The molecule has 0 spiro atoms. The fraction of sp³-hybridized carbons (Fsp3) is 0.481. The van der Waals surface area contributed by atoms with E-state index in [9.17, 15) is 14.7 Å². The van der Waals surface area contributed by atoms with Gasteiger partial charge < -0.3 is 24.1 Å². The standard InChI is InChI=1S/C27H36O7/c1-4-6-7-11-17-24-22(5-2)15-12-16-23(24)19-33-26(30)27(31-3,34-20-28)25(29)32-18-21-13-9-8-10-14-21/h8-10,12-16,28H,4-7,11,17-20H2,1-3H3. The molecule has 0 aliphatic carbocycles. The van der Waals surface area contributed by atoms with Gasteiger partial charge in [0.1, 0.15) is 20.0 Å². The first-order chi connectivity index (χ1) is 16.5. The average molecular weight is 473 g/mol. The molecule has 1 unspecified atom stereocenters. The van der Waals surface area contributed by atoms with E-state index >= 15 is 0 Å². The highest BCUT2D eigenvalue weighted by molar-refractivity contribution is 6.01. The molecule has 0 heterocycles. The minimum Gasteiger partial charge on any atom is -0.456 e. The van der Waals surface area contributed by atoms with Gasteiger partial charge in [0.15, 0.2) is 0 Å². The maximum atomic E-state index is 13.0. The van der Waals surface area contributed by atoms with E-state index in [2.05, 4.69) is 19.9 Å². The summed E-state index contributed by atoms with van der Waals surface area (Å²) in [4.78, 5) is 25.8. The van der Waals surface area contributed by atoms with Crippen molar-refractivity contribution in [1.29, 1.82) is 0 Å². The van der Waals surface area contributed by atoms with E-state index in [1.165, 1.54) is 12.0 Å². The Morgan fingerprint density at radius 1 is 0.853 bits per heavy atom.